The van der Waals surface area contributed by atoms with Gasteiger partial charge in [0.15, 0.2) is 5.78 Å². The first kappa shape index (κ1) is 8.19. The van der Waals surface area contributed by atoms with Gasteiger partial charge in [-0.3, -0.25) is 4.79 Å². The molecule has 4 nitrogen and oxygen atoms in total. The van der Waals surface area contributed by atoms with Gasteiger partial charge in [-0.2, -0.15) is 0 Å². The van der Waals surface area contributed by atoms with Crippen LogP contribution in [0.3, 0.4) is 0 Å². The number of hydrogen-bond donors (Lipinski definition) is 1. The fraction of sp³-hybridized carbons (Fsp3) is 0.333. The fourth-order valence-electron chi connectivity index (χ4n) is 1.26. The number of ether oxygens (including phenoxy) is 1. The third-order valence-electron chi connectivity index (χ3n) is 1.93. The minimum absolute atomic E-state index is 0.0171. The van der Waals surface area contributed by atoms with E-state index in [1.807, 2.05) is 0 Å². The van der Waals surface area contributed by atoms with Crippen molar-refractivity contribution >= 4 is 5.78 Å². The standard InChI is InChI=1S/C9H9NO3/c11-5-6-1-2-8-9(10-6)7(12)3-4-13-8/h1-2,11H,3-5H2. The first-order chi connectivity index (χ1) is 6.31. The molecule has 68 valence electrons. The summed E-state index contributed by atoms with van der Waals surface area (Å²) in [7, 11) is 0. The van der Waals surface area contributed by atoms with Gasteiger partial charge >= 0.3 is 0 Å². The van der Waals surface area contributed by atoms with Gasteiger partial charge < -0.3 is 9.84 Å². The van der Waals surface area contributed by atoms with Crippen LogP contribution >= 0.6 is 0 Å². The van der Waals surface area contributed by atoms with E-state index in [1.54, 1.807) is 12.1 Å². The Morgan fingerprint density at radius 1 is 1.54 bits per heavy atom. The Balaban J connectivity index is 2.47. The van der Waals surface area contributed by atoms with Crippen LogP contribution < -0.4 is 4.74 Å². The van der Waals surface area contributed by atoms with Crippen molar-refractivity contribution < 1.29 is 14.6 Å². The van der Waals surface area contributed by atoms with E-state index in [9.17, 15) is 4.79 Å². The number of rotatable bonds is 1. The molecule has 0 saturated carbocycles. The van der Waals surface area contributed by atoms with Gasteiger partial charge in [-0.05, 0) is 12.1 Å². The summed E-state index contributed by atoms with van der Waals surface area (Å²) >= 11 is 0. The normalized spacial score (nSPS) is 15.0. The SMILES string of the molecule is O=C1CCOc2ccc(CO)nc21. The number of nitrogens with zero attached hydrogens (tertiary/aromatic N) is 1. The van der Waals surface area contributed by atoms with E-state index < -0.39 is 0 Å². The number of fused-ring (bicyclic) bond motifs is 1. The van der Waals surface area contributed by atoms with E-state index >= 15 is 0 Å². The second-order valence-corrected chi connectivity index (χ2v) is 2.83. The van der Waals surface area contributed by atoms with Crippen molar-refractivity contribution in [3.05, 3.63) is 23.5 Å². The smallest absolute Gasteiger partial charge is 0.188 e. The summed E-state index contributed by atoms with van der Waals surface area (Å²) in [4.78, 5) is 15.3. The lowest BCUT2D eigenvalue weighted by molar-refractivity contribution is 0.0926. The van der Waals surface area contributed by atoms with Gasteiger partial charge in [0.05, 0.1) is 18.9 Å². The first-order valence-corrected chi connectivity index (χ1v) is 4.08. The number of pyridine rings is 1. The van der Waals surface area contributed by atoms with E-state index in [1.165, 1.54) is 0 Å². The number of carbonyl (C=O) groups is 1. The van der Waals surface area contributed by atoms with Crippen molar-refractivity contribution in [1.82, 2.24) is 4.98 Å². The fourth-order valence-corrected chi connectivity index (χ4v) is 1.26. The number of carbonyl (C=O) groups excluding carboxylic acids is 1. The topological polar surface area (TPSA) is 59.4 Å². The molecule has 0 bridgehead atoms. The highest BCUT2D eigenvalue weighted by atomic mass is 16.5. The van der Waals surface area contributed by atoms with Crippen LogP contribution in [0.1, 0.15) is 22.6 Å². The van der Waals surface area contributed by atoms with Gasteiger partial charge in [0.2, 0.25) is 0 Å². The molecule has 1 N–H and O–H groups in total. The number of ketones is 1. The molecule has 0 fully saturated rings. The average Bonchev–Trinajstić information content (AvgIpc) is 2.18. The van der Waals surface area contributed by atoms with Gasteiger partial charge in [0, 0.05) is 6.42 Å². The molecule has 13 heavy (non-hydrogen) atoms. The summed E-state index contributed by atoms with van der Waals surface area (Å²) in [5.74, 6) is 0.505. The molecule has 0 radical (unpaired) electrons. The largest absolute Gasteiger partial charge is 0.491 e. The molecule has 1 aromatic rings. The number of aliphatic hydroxyl groups is 1. The summed E-state index contributed by atoms with van der Waals surface area (Å²) in [5.41, 5.74) is 0.843. The third-order valence-corrected chi connectivity index (χ3v) is 1.93. The molecule has 1 aromatic heterocycles. The van der Waals surface area contributed by atoms with Crippen LogP contribution in [0, 0.1) is 0 Å². The maximum atomic E-state index is 11.3. The van der Waals surface area contributed by atoms with Crippen molar-refractivity contribution in [3.8, 4) is 5.75 Å². The molecule has 2 heterocycles. The lowest BCUT2D eigenvalue weighted by Gasteiger charge is -2.15. The minimum atomic E-state index is -0.152. The van der Waals surface area contributed by atoms with Gasteiger partial charge in [0.1, 0.15) is 11.4 Å². The second-order valence-electron chi connectivity index (χ2n) is 2.83. The molecule has 0 atom stereocenters. The molecule has 0 aliphatic carbocycles. The Morgan fingerprint density at radius 2 is 2.38 bits per heavy atom. The average molecular weight is 179 g/mol. The van der Waals surface area contributed by atoms with E-state index in [2.05, 4.69) is 4.98 Å². The quantitative estimate of drug-likeness (QED) is 0.683. The molecule has 2 rings (SSSR count). The summed E-state index contributed by atoms with van der Waals surface area (Å²) < 4.78 is 5.23. The Morgan fingerprint density at radius 3 is 3.15 bits per heavy atom. The van der Waals surface area contributed by atoms with Crippen molar-refractivity contribution in [3.63, 3.8) is 0 Å². The molecule has 0 amide bonds. The Labute approximate surface area is 75.2 Å². The van der Waals surface area contributed by atoms with Crippen molar-refractivity contribution in [2.45, 2.75) is 13.0 Å². The zero-order chi connectivity index (χ0) is 9.26. The summed E-state index contributed by atoms with van der Waals surface area (Å²) in [6.45, 7) is 0.270. The molecule has 1 aliphatic heterocycles. The molecule has 0 aromatic carbocycles. The molecule has 0 spiro atoms. The minimum Gasteiger partial charge on any atom is -0.491 e. The summed E-state index contributed by atoms with van der Waals surface area (Å²) in [6.07, 6.45) is 0.370. The van der Waals surface area contributed by atoms with Gasteiger partial charge in [-0.15, -0.1) is 0 Å². The number of Topliss-reactive ketones (excluding diaryl/α,β-unsaturated/α-hetero) is 1. The van der Waals surface area contributed by atoms with E-state index in [0.717, 1.165) is 0 Å². The summed E-state index contributed by atoms with van der Waals surface area (Å²) in [5, 5.41) is 8.81. The highest BCUT2D eigenvalue weighted by molar-refractivity contribution is 5.97. The molecule has 4 heteroatoms. The Bertz CT molecular complexity index is 349. The van der Waals surface area contributed by atoms with Crippen LogP contribution in [0.4, 0.5) is 0 Å². The second kappa shape index (κ2) is 3.14. The molecule has 1 aliphatic rings. The summed E-state index contributed by atoms with van der Waals surface area (Å²) in [6, 6.07) is 3.32. The highest BCUT2D eigenvalue weighted by Gasteiger charge is 2.19. The predicted molar refractivity (Wildman–Crippen MR) is 44.6 cm³/mol. The van der Waals surface area contributed by atoms with Crippen LogP contribution in [0.15, 0.2) is 12.1 Å². The monoisotopic (exact) mass is 179 g/mol. The maximum Gasteiger partial charge on any atom is 0.188 e. The van der Waals surface area contributed by atoms with Crippen molar-refractivity contribution in [2.24, 2.45) is 0 Å². The van der Waals surface area contributed by atoms with E-state index in [0.29, 0.717) is 30.2 Å². The third kappa shape index (κ3) is 1.40. The number of aromatic nitrogens is 1. The zero-order valence-corrected chi connectivity index (χ0v) is 6.99. The Hall–Kier alpha value is -1.42. The van der Waals surface area contributed by atoms with E-state index in [4.69, 9.17) is 9.84 Å². The van der Waals surface area contributed by atoms with Crippen molar-refractivity contribution in [1.29, 1.82) is 0 Å². The van der Waals surface area contributed by atoms with Gasteiger partial charge in [0.25, 0.3) is 0 Å². The number of hydrogen-bond acceptors (Lipinski definition) is 4. The number of aliphatic hydroxyl groups excluding tert-OH is 1. The van der Waals surface area contributed by atoms with E-state index in [-0.39, 0.29) is 12.4 Å². The van der Waals surface area contributed by atoms with Gasteiger partial charge in [-0.1, -0.05) is 0 Å². The Kier molecular flexibility index (Phi) is 1.98. The van der Waals surface area contributed by atoms with Gasteiger partial charge in [-0.25, -0.2) is 4.98 Å². The first-order valence-electron chi connectivity index (χ1n) is 4.08. The van der Waals surface area contributed by atoms with Crippen LogP contribution in [0.5, 0.6) is 5.75 Å². The molecule has 0 unspecified atom stereocenters. The molecule has 0 saturated heterocycles. The lowest BCUT2D eigenvalue weighted by Crippen LogP contribution is -2.17. The van der Waals surface area contributed by atoms with Crippen LogP contribution in [0.2, 0.25) is 0 Å². The molecular formula is C9H9NO3. The lowest BCUT2D eigenvalue weighted by atomic mass is 10.1. The van der Waals surface area contributed by atoms with Crippen LogP contribution in [-0.2, 0) is 6.61 Å². The van der Waals surface area contributed by atoms with Crippen LogP contribution in [0.25, 0.3) is 0 Å². The molecular weight excluding hydrogens is 170 g/mol. The van der Waals surface area contributed by atoms with Crippen LogP contribution in [-0.4, -0.2) is 22.5 Å². The highest BCUT2D eigenvalue weighted by Crippen LogP contribution is 2.22. The predicted octanol–water partition coefficient (Wildman–Crippen LogP) is 0.539. The van der Waals surface area contributed by atoms with Crippen molar-refractivity contribution in [2.75, 3.05) is 6.61 Å². The zero-order valence-electron chi connectivity index (χ0n) is 6.99. The maximum absolute atomic E-state index is 11.3.